The van der Waals surface area contributed by atoms with E-state index >= 15 is 0 Å². The van der Waals surface area contributed by atoms with Crippen LogP contribution in [0.3, 0.4) is 0 Å². The SMILES string of the molecule is CC(C)[C@@H]1Cc2c(sc3nc(SCc4ccc(Cl)cc4Cl)nc(N)c23)CO1. The molecule has 8 heteroatoms. The Bertz CT molecular complexity index is 1010. The number of halogens is 2. The van der Waals surface area contributed by atoms with Crippen molar-refractivity contribution in [3.05, 3.63) is 44.2 Å². The summed E-state index contributed by atoms with van der Waals surface area (Å²) in [6, 6.07) is 5.50. The molecule has 3 heterocycles. The summed E-state index contributed by atoms with van der Waals surface area (Å²) in [4.78, 5) is 11.4. The Morgan fingerprint density at radius 1 is 1.33 bits per heavy atom. The van der Waals surface area contributed by atoms with Crippen molar-refractivity contribution in [2.75, 3.05) is 5.73 Å². The highest BCUT2D eigenvalue weighted by molar-refractivity contribution is 7.98. The van der Waals surface area contributed by atoms with Crippen molar-refractivity contribution in [1.82, 2.24) is 9.97 Å². The highest BCUT2D eigenvalue weighted by Crippen LogP contribution is 2.39. The maximum Gasteiger partial charge on any atom is 0.191 e. The molecule has 0 saturated carbocycles. The fourth-order valence-corrected chi connectivity index (χ4v) is 5.76. The molecule has 4 nitrogen and oxygen atoms in total. The van der Waals surface area contributed by atoms with Gasteiger partial charge < -0.3 is 10.5 Å². The molecule has 3 aromatic rings. The third-order valence-corrected chi connectivity index (χ3v) is 7.27. The van der Waals surface area contributed by atoms with E-state index in [2.05, 4.69) is 18.8 Å². The average molecular weight is 440 g/mol. The summed E-state index contributed by atoms with van der Waals surface area (Å²) in [5.41, 5.74) is 8.58. The molecule has 0 unspecified atom stereocenters. The summed E-state index contributed by atoms with van der Waals surface area (Å²) in [6.45, 7) is 4.99. The summed E-state index contributed by atoms with van der Waals surface area (Å²) in [5.74, 6) is 1.67. The Morgan fingerprint density at radius 3 is 2.89 bits per heavy atom. The first-order valence-electron chi connectivity index (χ1n) is 8.68. The van der Waals surface area contributed by atoms with Gasteiger partial charge in [0.25, 0.3) is 0 Å². The Morgan fingerprint density at radius 2 is 2.15 bits per heavy atom. The number of nitrogens with two attached hydrogens (primary N) is 1. The maximum absolute atomic E-state index is 6.32. The van der Waals surface area contributed by atoms with E-state index in [1.807, 2.05) is 12.1 Å². The number of ether oxygens (including phenoxy) is 1. The third-order valence-electron chi connectivity index (χ3n) is 4.69. The number of nitrogen functional groups attached to an aromatic ring is 1. The number of nitrogens with zero attached hydrogens (tertiary/aromatic N) is 2. The Hall–Kier alpha value is -1.05. The van der Waals surface area contributed by atoms with Gasteiger partial charge in [-0.25, -0.2) is 9.97 Å². The Labute approximate surface area is 176 Å². The fraction of sp³-hybridized carbons (Fsp3) is 0.368. The van der Waals surface area contributed by atoms with Gasteiger partial charge in [-0.3, -0.25) is 0 Å². The normalized spacial score (nSPS) is 16.9. The zero-order valence-corrected chi connectivity index (χ0v) is 18.1. The molecule has 142 valence electrons. The van der Waals surface area contributed by atoms with Crippen LogP contribution in [0.5, 0.6) is 0 Å². The molecule has 27 heavy (non-hydrogen) atoms. The number of hydrogen-bond donors (Lipinski definition) is 1. The van der Waals surface area contributed by atoms with Gasteiger partial charge in [-0.1, -0.05) is 54.9 Å². The van der Waals surface area contributed by atoms with Gasteiger partial charge in [-0.2, -0.15) is 0 Å². The molecule has 0 spiro atoms. The fourth-order valence-electron chi connectivity index (χ4n) is 3.16. The van der Waals surface area contributed by atoms with Crippen LogP contribution in [-0.2, 0) is 23.5 Å². The van der Waals surface area contributed by atoms with Gasteiger partial charge in [0.1, 0.15) is 10.6 Å². The molecule has 0 saturated heterocycles. The predicted molar refractivity (Wildman–Crippen MR) is 115 cm³/mol. The van der Waals surface area contributed by atoms with Crippen LogP contribution in [0, 0.1) is 5.92 Å². The number of benzene rings is 1. The first-order valence-corrected chi connectivity index (χ1v) is 11.2. The van der Waals surface area contributed by atoms with Crippen LogP contribution < -0.4 is 5.73 Å². The quantitative estimate of drug-likeness (QED) is 0.400. The zero-order chi connectivity index (χ0) is 19.1. The molecule has 0 bridgehead atoms. The second-order valence-electron chi connectivity index (χ2n) is 6.90. The van der Waals surface area contributed by atoms with Crippen molar-refractivity contribution < 1.29 is 4.74 Å². The number of aromatic nitrogens is 2. The van der Waals surface area contributed by atoms with E-state index in [9.17, 15) is 0 Å². The first-order chi connectivity index (χ1) is 12.9. The summed E-state index contributed by atoms with van der Waals surface area (Å²) >= 11 is 15.4. The molecule has 2 N–H and O–H groups in total. The van der Waals surface area contributed by atoms with Crippen molar-refractivity contribution in [1.29, 1.82) is 0 Å². The van der Waals surface area contributed by atoms with Crippen LogP contribution in [0.2, 0.25) is 10.0 Å². The van der Waals surface area contributed by atoms with Crippen molar-refractivity contribution in [2.45, 2.75) is 43.9 Å². The van der Waals surface area contributed by atoms with Crippen LogP contribution >= 0.6 is 46.3 Å². The van der Waals surface area contributed by atoms with Crippen LogP contribution in [0.15, 0.2) is 23.4 Å². The number of thiophene rings is 1. The minimum absolute atomic E-state index is 0.218. The van der Waals surface area contributed by atoms with E-state index in [-0.39, 0.29) is 6.10 Å². The van der Waals surface area contributed by atoms with Crippen LogP contribution in [0.25, 0.3) is 10.2 Å². The molecule has 1 aliphatic rings. The minimum Gasteiger partial charge on any atom is -0.383 e. The average Bonchev–Trinajstić information content (AvgIpc) is 2.98. The zero-order valence-electron chi connectivity index (χ0n) is 15.0. The molecule has 1 atom stereocenters. The summed E-state index contributed by atoms with van der Waals surface area (Å²) in [6.07, 6.45) is 1.09. The van der Waals surface area contributed by atoms with Gasteiger partial charge in [0.15, 0.2) is 5.16 Å². The standard InChI is InChI=1S/C19H19Cl2N3OS2/c1-9(2)14-6-12-15(7-25-14)27-18-16(12)17(22)23-19(24-18)26-8-10-3-4-11(20)5-13(10)21/h3-5,9,14H,6-8H2,1-2H3,(H2,22,23,24)/t14-/m0/s1. The van der Waals surface area contributed by atoms with Crippen LogP contribution in [0.1, 0.15) is 29.9 Å². The minimum atomic E-state index is 0.218. The van der Waals surface area contributed by atoms with Crippen molar-refractivity contribution in [3.8, 4) is 0 Å². The van der Waals surface area contributed by atoms with Gasteiger partial charge in [0, 0.05) is 27.1 Å². The molecule has 0 fully saturated rings. The molecule has 0 radical (unpaired) electrons. The number of anilines is 1. The molecular weight excluding hydrogens is 421 g/mol. The highest BCUT2D eigenvalue weighted by atomic mass is 35.5. The van der Waals surface area contributed by atoms with E-state index in [0.717, 1.165) is 22.2 Å². The Balaban J connectivity index is 1.61. The number of fused-ring (bicyclic) bond motifs is 3. The molecule has 0 aliphatic carbocycles. The summed E-state index contributed by atoms with van der Waals surface area (Å²) < 4.78 is 5.98. The molecule has 0 amide bonds. The van der Waals surface area contributed by atoms with Gasteiger partial charge in [0.05, 0.1) is 18.1 Å². The Kier molecular flexibility index (Phi) is 5.54. The van der Waals surface area contributed by atoms with Gasteiger partial charge >= 0.3 is 0 Å². The molecule has 1 aliphatic heterocycles. The van der Waals surface area contributed by atoms with Gasteiger partial charge in [-0.15, -0.1) is 11.3 Å². The van der Waals surface area contributed by atoms with E-state index < -0.39 is 0 Å². The molecule has 1 aromatic carbocycles. The van der Waals surface area contributed by atoms with Crippen molar-refractivity contribution in [3.63, 3.8) is 0 Å². The molecular formula is C19H19Cl2N3OS2. The number of hydrogen-bond acceptors (Lipinski definition) is 6. The number of thioether (sulfide) groups is 1. The second-order valence-corrected chi connectivity index (χ2v) is 9.77. The monoisotopic (exact) mass is 439 g/mol. The van der Waals surface area contributed by atoms with E-state index in [1.165, 1.54) is 22.2 Å². The maximum atomic E-state index is 6.32. The van der Waals surface area contributed by atoms with Crippen LogP contribution in [0.4, 0.5) is 5.82 Å². The molecule has 4 rings (SSSR count). The smallest absolute Gasteiger partial charge is 0.191 e. The van der Waals surface area contributed by atoms with Gasteiger partial charge in [0.2, 0.25) is 0 Å². The van der Waals surface area contributed by atoms with E-state index in [4.69, 9.17) is 38.7 Å². The summed E-state index contributed by atoms with van der Waals surface area (Å²) in [5, 5.41) is 2.93. The molecule has 2 aromatic heterocycles. The van der Waals surface area contributed by atoms with Crippen LogP contribution in [-0.4, -0.2) is 16.1 Å². The van der Waals surface area contributed by atoms with Crippen molar-refractivity contribution in [2.24, 2.45) is 5.92 Å². The highest BCUT2D eigenvalue weighted by Gasteiger charge is 2.27. The third kappa shape index (κ3) is 3.91. The predicted octanol–water partition coefficient (Wildman–Crippen LogP) is 5.97. The van der Waals surface area contributed by atoms with Crippen molar-refractivity contribution >= 4 is 62.3 Å². The van der Waals surface area contributed by atoms with E-state index in [1.54, 1.807) is 17.4 Å². The first kappa shape index (κ1) is 19.3. The van der Waals surface area contributed by atoms with Gasteiger partial charge in [-0.05, 0) is 29.2 Å². The second kappa shape index (κ2) is 7.76. The van der Waals surface area contributed by atoms with E-state index in [0.29, 0.717) is 39.3 Å². The topological polar surface area (TPSA) is 61.0 Å². The summed E-state index contributed by atoms with van der Waals surface area (Å²) in [7, 11) is 0. The number of rotatable bonds is 4. The largest absolute Gasteiger partial charge is 0.383 e. The lowest BCUT2D eigenvalue weighted by atomic mass is 9.96. The lowest BCUT2D eigenvalue weighted by Gasteiger charge is -2.26. The lowest BCUT2D eigenvalue weighted by molar-refractivity contribution is 0.00203. The lowest BCUT2D eigenvalue weighted by Crippen LogP contribution is -2.26.